The van der Waals surface area contributed by atoms with Gasteiger partial charge in [0.15, 0.2) is 17.2 Å². The fourth-order valence-corrected chi connectivity index (χ4v) is 3.14. The summed E-state index contributed by atoms with van der Waals surface area (Å²) >= 11 is 0. The molecule has 166 valence electrons. The van der Waals surface area contributed by atoms with Crippen molar-refractivity contribution in [3.63, 3.8) is 0 Å². The van der Waals surface area contributed by atoms with Crippen molar-refractivity contribution >= 4 is 12.0 Å². The summed E-state index contributed by atoms with van der Waals surface area (Å²) in [5.74, 6) is 0.0254. The summed E-state index contributed by atoms with van der Waals surface area (Å²) in [5.41, 5.74) is -0.558. The van der Waals surface area contributed by atoms with Gasteiger partial charge in [-0.1, -0.05) is 6.07 Å². The Kier molecular flexibility index (Phi) is 6.09. The number of urea groups is 1. The van der Waals surface area contributed by atoms with Crippen LogP contribution >= 0.6 is 0 Å². The molecular formula is C19H19F3N4O5. The monoisotopic (exact) mass is 440 g/mol. The number of alkyl halides is 3. The Balaban J connectivity index is 2.06. The summed E-state index contributed by atoms with van der Waals surface area (Å²) in [6.45, 7) is -0.294. The Morgan fingerprint density at radius 1 is 1.16 bits per heavy atom. The van der Waals surface area contributed by atoms with Crippen molar-refractivity contribution in [2.24, 2.45) is 0 Å². The van der Waals surface area contributed by atoms with Crippen LogP contribution < -0.4 is 20.1 Å². The molecule has 2 N–H and O–H groups in total. The molecule has 0 fully saturated rings. The van der Waals surface area contributed by atoms with Crippen LogP contribution in [0.5, 0.6) is 11.5 Å². The lowest BCUT2D eigenvalue weighted by Gasteiger charge is -2.29. The number of carbonyl (C=O) groups excluding carboxylic acids is 2. The number of carbonyl (C=O) groups is 2. The number of hydrogen-bond acceptors (Lipinski definition) is 6. The first-order valence-corrected chi connectivity index (χ1v) is 8.89. The van der Waals surface area contributed by atoms with Gasteiger partial charge in [-0.05, 0) is 23.8 Å². The van der Waals surface area contributed by atoms with Crippen molar-refractivity contribution in [2.75, 3.05) is 21.3 Å². The molecule has 0 saturated heterocycles. The van der Waals surface area contributed by atoms with Crippen molar-refractivity contribution in [1.82, 2.24) is 20.4 Å². The van der Waals surface area contributed by atoms with E-state index < -0.39 is 29.9 Å². The van der Waals surface area contributed by atoms with Gasteiger partial charge in [0.1, 0.15) is 0 Å². The van der Waals surface area contributed by atoms with E-state index in [-0.39, 0.29) is 17.8 Å². The Morgan fingerprint density at radius 3 is 2.45 bits per heavy atom. The second-order valence-corrected chi connectivity index (χ2v) is 6.43. The van der Waals surface area contributed by atoms with E-state index in [0.29, 0.717) is 17.1 Å². The minimum atomic E-state index is -4.62. The zero-order valence-electron chi connectivity index (χ0n) is 16.7. The largest absolute Gasteiger partial charge is 0.493 e. The van der Waals surface area contributed by atoms with Crippen LogP contribution in [0, 0.1) is 0 Å². The zero-order valence-corrected chi connectivity index (χ0v) is 16.7. The molecule has 1 aromatic carbocycles. The lowest BCUT2D eigenvalue weighted by molar-refractivity contribution is -0.141. The number of rotatable bonds is 6. The predicted molar refractivity (Wildman–Crippen MR) is 100 cm³/mol. The maximum atomic E-state index is 12.9. The van der Waals surface area contributed by atoms with E-state index in [0.717, 1.165) is 24.1 Å². The molecule has 31 heavy (non-hydrogen) atoms. The van der Waals surface area contributed by atoms with Crippen LogP contribution in [0.2, 0.25) is 0 Å². The summed E-state index contributed by atoms with van der Waals surface area (Å²) in [7, 11) is 4.05. The predicted octanol–water partition coefficient (Wildman–Crippen LogP) is 2.40. The molecule has 1 aliphatic rings. The normalized spacial score (nSPS) is 16.5. The lowest BCUT2D eigenvalue weighted by atomic mass is 9.94. The van der Waals surface area contributed by atoms with Gasteiger partial charge < -0.3 is 24.8 Å². The molecule has 0 bridgehead atoms. The van der Waals surface area contributed by atoms with Crippen molar-refractivity contribution in [3.8, 4) is 11.5 Å². The molecule has 1 aliphatic heterocycles. The van der Waals surface area contributed by atoms with Gasteiger partial charge in [0.2, 0.25) is 0 Å². The van der Waals surface area contributed by atoms with Crippen LogP contribution in [0.15, 0.2) is 41.7 Å². The quantitative estimate of drug-likeness (QED) is 0.669. The van der Waals surface area contributed by atoms with Gasteiger partial charge in [-0.25, -0.2) is 9.59 Å². The van der Waals surface area contributed by atoms with Gasteiger partial charge in [-0.3, -0.25) is 4.68 Å². The third-order valence-corrected chi connectivity index (χ3v) is 4.55. The molecule has 2 aromatic rings. The number of ether oxygens (including phenoxy) is 3. The van der Waals surface area contributed by atoms with E-state index in [1.807, 2.05) is 0 Å². The smallest absolute Gasteiger partial charge is 0.435 e. The third kappa shape index (κ3) is 4.57. The van der Waals surface area contributed by atoms with Gasteiger partial charge in [-0.2, -0.15) is 18.3 Å². The van der Waals surface area contributed by atoms with Gasteiger partial charge in [-0.15, -0.1) is 0 Å². The molecule has 0 spiro atoms. The molecule has 1 aromatic heterocycles. The van der Waals surface area contributed by atoms with Gasteiger partial charge in [0.25, 0.3) is 0 Å². The third-order valence-electron chi connectivity index (χ3n) is 4.55. The minimum absolute atomic E-state index is 0.0124. The molecule has 9 nitrogen and oxygen atoms in total. The Hall–Kier alpha value is -3.70. The second kappa shape index (κ2) is 8.58. The molecule has 0 radical (unpaired) electrons. The Labute approximate surface area is 174 Å². The number of nitrogens with zero attached hydrogens (tertiary/aromatic N) is 2. The molecular weight excluding hydrogens is 421 g/mol. The fourth-order valence-electron chi connectivity index (χ4n) is 3.14. The van der Waals surface area contributed by atoms with Crippen molar-refractivity contribution < 1.29 is 37.0 Å². The zero-order chi connectivity index (χ0) is 22.8. The molecule has 0 unspecified atom stereocenters. The van der Waals surface area contributed by atoms with E-state index in [2.05, 4.69) is 15.7 Å². The molecule has 0 saturated carbocycles. The minimum Gasteiger partial charge on any atom is -0.493 e. The first-order chi connectivity index (χ1) is 14.7. The summed E-state index contributed by atoms with van der Waals surface area (Å²) in [6, 6.07) is 3.99. The van der Waals surface area contributed by atoms with Gasteiger partial charge in [0.05, 0.1) is 45.2 Å². The van der Waals surface area contributed by atoms with E-state index in [1.165, 1.54) is 14.2 Å². The van der Waals surface area contributed by atoms with E-state index in [4.69, 9.17) is 14.2 Å². The molecule has 2 heterocycles. The number of allylic oxidation sites excluding steroid dienone is 1. The van der Waals surface area contributed by atoms with Crippen LogP contribution in [-0.2, 0) is 22.3 Å². The first-order valence-electron chi connectivity index (χ1n) is 8.89. The highest BCUT2D eigenvalue weighted by Gasteiger charge is 2.36. The molecule has 0 aliphatic carbocycles. The molecule has 3 rings (SSSR count). The average molecular weight is 440 g/mol. The molecule has 12 heteroatoms. The standard InChI is InChI=1S/C19H19F3N4O5/c1-29-12-5-4-10(8-13(12)30-2)16-15(17(27)31-3)11(23-18(28)24-16)9-26-7-6-14(25-26)19(20,21)22/h4-8,16H,9H2,1-3H3,(H2,23,24,28)/t16-/m0/s1. The van der Waals surface area contributed by atoms with E-state index in [9.17, 15) is 22.8 Å². The van der Waals surface area contributed by atoms with E-state index in [1.54, 1.807) is 18.2 Å². The van der Waals surface area contributed by atoms with Crippen LogP contribution in [0.1, 0.15) is 17.3 Å². The van der Waals surface area contributed by atoms with Crippen LogP contribution in [0.4, 0.5) is 18.0 Å². The molecule has 1 atom stereocenters. The first kappa shape index (κ1) is 22.0. The number of halogens is 3. The van der Waals surface area contributed by atoms with Crippen molar-refractivity contribution in [3.05, 3.63) is 53.0 Å². The average Bonchev–Trinajstić information content (AvgIpc) is 3.21. The summed E-state index contributed by atoms with van der Waals surface area (Å²) in [5, 5.41) is 8.54. The highest BCUT2D eigenvalue weighted by Crippen LogP contribution is 2.35. The number of amides is 2. The highest BCUT2D eigenvalue weighted by molar-refractivity contribution is 5.95. The summed E-state index contributed by atoms with van der Waals surface area (Å²) in [6.07, 6.45) is -3.52. The number of benzene rings is 1. The van der Waals surface area contributed by atoms with Crippen molar-refractivity contribution in [1.29, 1.82) is 0 Å². The maximum Gasteiger partial charge on any atom is 0.435 e. The second-order valence-electron chi connectivity index (χ2n) is 6.43. The number of methoxy groups -OCH3 is 3. The van der Waals surface area contributed by atoms with Crippen LogP contribution in [0.3, 0.4) is 0 Å². The highest BCUT2D eigenvalue weighted by atomic mass is 19.4. The van der Waals surface area contributed by atoms with Crippen LogP contribution in [-0.4, -0.2) is 43.1 Å². The Bertz CT molecular complexity index is 1030. The van der Waals surface area contributed by atoms with Crippen molar-refractivity contribution in [2.45, 2.75) is 18.8 Å². The van der Waals surface area contributed by atoms with E-state index >= 15 is 0 Å². The van der Waals surface area contributed by atoms with Gasteiger partial charge in [0, 0.05) is 6.20 Å². The number of esters is 1. The number of hydrogen-bond donors (Lipinski definition) is 2. The van der Waals surface area contributed by atoms with Crippen LogP contribution in [0.25, 0.3) is 0 Å². The summed E-state index contributed by atoms with van der Waals surface area (Å²) in [4.78, 5) is 24.8. The maximum absolute atomic E-state index is 12.9. The Morgan fingerprint density at radius 2 is 1.87 bits per heavy atom. The fraction of sp³-hybridized carbons (Fsp3) is 0.316. The SMILES string of the molecule is COC(=O)C1=C(Cn2ccc(C(F)(F)F)n2)NC(=O)N[C@H]1c1ccc(OC)c(OC)c1. The summed E-state index contributed by atoms with van der Waals surface area (Å²) < 4.78 is 54.8. The lowest BCUT2D eigenvalue weighted by Crippen LogP contribution is -2.46. The topological polar surface area (TPSA) is 104 Å². The van der Waals surface area contributed by atoms with Gasteiger partial charge >= 0.3 is 18.2 Å². The number of nitrogens with one attached hydrogen (secondary N) is 2. The number of aromatic nitrogens is 2. The molecule has 2 amide bonds.